The zero-order valence-electron chi connectivity index (χ0n) is 10.9. The van der Waals surface area contributed by atoms with E-state index in [1.807, 2.05) is 20.8 Å². The molecule has 2 N–H and O–H groups in total. The summed E-state index contributed by atoms with van der Waals surface area (Å²) in [4.78, 5) is 15.9. The Hall–Kier alpha value is -0.550. The van der Waals surface area contributed by atoms with Gasteiger partial charge in [-0.15, -0.1) is 0 Å². The maximum absolute atomic E-state index is 12.0. The maximum atomic E-state index is 12.0. The van der Waals surface area contributed by atoms with Gasteiger partial charge in [-0.05, 0) is 32.9 Å². The predicted octanol–water partition coefficient (Wildman–Crippen LogP) is 2.90. The Kier molecular flexibility index (Phi) is 5.44. The van der Waals surface area contributed by atoms with Crippen LogP contribution in [-0.2, 0) is 0 Å². The number of carbonyl (C=O) groups excluding carboxylic acids is 1. The highest BCUT2D eigenvalue weighted by Crippen LogP contribution is 2.30. The third-order valence-electron chi connectivity index (χ3n) is 2.10. The van der Waals surface area contributed by atoms with Crippen LogP contribution in [0.4, 0.5) is 0 Å². The van der Waals surface area contributed by atoms with Gasteiger partial charge in [-0.3, -0.25) is 15.1 Å². The van der Waals surface area contributed by atoms with Crippen molar-refractivity contribution in [1.29, 1.82) is 0 Å². The fourth-order valence-corrected chi connectivity index (χ4v) is 1.67. The van der Waals surface area contributed by atoms with Gasteiger partial charge in [0.25, 0.3) is 5.91 Å². The van der Waals surface area contributed by atoms with Crippen LogP contribution >= 0.6 is 34.8 Å². The monoisotopic (exact) mass is 323 g/mol. The van der Waals surface area contributed by atoms with Crippen molar-refractivity contribution in [3.8, 4) is 0 Å². The first-order valence-electron chi connectivity index (χ1n) is 5.65. The number of pyridine rings is 1. The van der Waals surface area contributed by atoms with Gasteiger partial charge in [0.2, 0.25) is 3.79 Å². The lowest BCUT2D eigenvalue weighted by Crippen LogP contribution is -2.58. The average Bonchev–Trinajstić information content (AvgIpc) is 2.26. The van der Waals surface area contributed by atoms with E-state index >= 15 is 0 Å². The number of alkyl halides is 3. The zero-order valence-corrected chi connectivity index (χ0v) is 13.1. The van der Waals surface area contributed by atoms with E-state index in [1.54, 1.807) is 18.3 Å². The Morgan fingerprint density at radius 1 is 1.32 bits per heavy atom. The summed E-state index contributed by atoms with van der Waals surface area (Å²) in [5, 5.41) is 5.69. The summed E-state index contributed by atoms with van der Waals surface area (Å²) in [7, 11) is 0. The zero-order chi connectivity index (χ0) is 14.7. The summed E-state index contributed by atoms with van der Waals surface area (Å²) >= 11 is 17.6. The van der Waals surface area contributed by atoms with Gasteiger partial charge in [0.1, 0.15) is 6.17 Å². The summed E-state index contributed by atoms with van der Waals surface area (Å²) in [6, 6.07) is 3.30. The smallest absolute Gasteiger partial charge is 0.254 e. The van der Waals surface area contributed by atoms with Gasteiger partial charge >= 0.3 is 0 Å². The molecule has 0 saturated heterocycles. The molecule has 4 nitrogen and oxygen atoms in total. The molecule has 0 unspecified atom stereocenters. The number of rotatable bonds is 3. The lowest BCUT2D eigenvalue weighted by molar-refractivity contribution is 0.0922. The van der Waals surface area contributed by atoms with Crippen molar-refractivity contribution in [2.75, 3.05) is 0 Å². The highest BCUT2D eigenvalue weighted by molar-refractivity contribution is 6.68. The van der Waals surface area contributed by atoms with Crippen molar-refractivity contribution in [1.82, 2.24) is 15.6 Å². The van der Waals surface area contributed by atoms with Crippen LogP contribution in [0, 0.1) is 0 Å². The molecular weight excluding hydrogens is 309 g/mol. The summed E-state index contributed by atoms with van der Waals surface area (Å²) in [6.07, 6.45) is 2.21. The van der Waals surface area contributed by atoms with E-state index in [4.69, 9.17) is 34.8 Å². The van der Waals surface area contributed by atoms with Crippen LogP contribution in [0.1, 0.15) is 31.1 Å². The van der Waals surface area contributed by atoms with E-state index in [0.29, 0.717) is 5.56 Å². The summed E-state index contributed by atoms with van der Waals surface area (Å²) in [6.45, 7) is 5.73. The Morgan fingerprint density at radius 2 is 1.95 bits per heavy atom. The minimum absolute atomic E-state index is 0.323. The van der Waals surface area contributed by atoms with Crippen LogP contribution in [0.5, 0.6) is 0 Å². The van der Waals surface area contributed by atoms with Crippen LogP contribution < -0.4 is 10.6 Å². The number of amides is 1. The molecule has 1 heterocycles. The third-order valence-corrected chi connectivity index (χ3v) is 2.76. The van der Waals surface area contributed by atoms with E-state index in [9.17, 15) is 4.79 Å². The average molecular weight is 325 g/mol. The molecule has 1 amide bonds. The van der Waals surface area contributed by atoms with E-state index in [2.05, 4.69) is 15.6 Å². The second-order valence-electron chi connectivity index (χ2n) is 5.08. The molecule has 0 aliphatic heterocycles. The minimum Gasteiger partial charge on any atom is -0.333 e. The lowest BCUT2D eigenvalue weighted by atomic mass is 10.1. The molecule has 1 atom stereocenters. The van der Waals surface area contributed by atoms with Crippen LogP contribution in [0.3, 0.4) is 0 Å². The summed E-state index contributed by atoms with van der Waals surface area (Å²) in [5.74, 6) is -0.360. The Morgan fingerprint density at radius 3 is 2.37 bits per heavy atom. The number of aromatic nitrogens is 1. The van der Waals surface area contributed by atoms with Gasteiger partial charge < -0.3 is 5.32 Å². The molecule has 0 fully saturated rings. The SMILES string of the molecule is CC(C)(C)N[C@H](NC(=O)c1cccnc1)C(Cl)(Cl)Cl. The van der Waals surface area contributed by atoms with Gasteiger partial charge in [-0.1, -0.05) is 34.8 Å². The Labute approximate surface area is 127 Å². The van der Waals surface area contributed by atoms with Crippen molar-refractivity contribution in [2.45, 2.75) is 36.3 Å². The lowest BCUT2D eigenvalue weighted by Gasteiger charge is -2.33. The first-order valence-corrected chi connectivity index (χ1v) is 6.78. The fraction of sp³-hybridized carbons (Fsp3) is 0.500. The molecule has 19 heavy (non-hydrogen) atoms. The molecule has 0 radical (unpaired) electrons. The highest BCUT2D eigenvalue weighted by atomic mass is 35.6. The van der Waals surface area contributed by atoms with E-state index < -0.39 is 9.96 Å². The molecule has 1 rings (SSSR count). The van der Waals surface area contributed by atoms with Crippen LogP contribution in [-0.4, -0.2) is 26.4 Å². The molecule has 0 aromatic carbocycles. The van der Waals surface area contributed by atoms with Crippen LogP contribution in [0.25, 0.3) is 0 Å². The number of nitrogens with one attached hydrogen (secondary N) is 2. The molecule has 0 aliphatic rings. The third kappa shape index (κ3) is 5.95. The molecular formula is C12H16Cl3N3O. The second kappa shape index (κ2) is 6.27. The van der Waals surface area contributed by atoms with Gasteiger partial charge in [0, 0.05) is 17.9 Å². The minimum atomic E-state index is -1.66. The Balaban J connectivity index is 2.82. The van der Waals surface area contributed by atoms with E-state index in [-0.39, 0.29) is 11.4 Å². The number of halogens is 3. The quantitative estimate of drug-likeness (QED) is 0.664. The normalized spacial score (nSPS) is 14.0. The first-order chi connectivity index (χ1) is 8.59. The molecule has 0 spiro atoms. The molecule has 0 bridgehead atoms. The van der Waals surface area contributed by atoms with Gasteiger partial charge in [0.15, 0.2) is 0 Å². The van der Waals surface area contributed by atoms with Crippen LogP contribution in [0.2, 0.25) is 0 Å². The molecule has 1 aromatic heterocycles. The molecule has 1 aromatic rings. The summed E-state index contributed by atoms with van der Waals surface area (Å²) < 4.78 is -1.66. The van der Waals surface area contributed by atoms with E-state index in [1.165, 1.54) is 6.20 Å². The van der Waals surface area contributed by atoms with Gasteiger partial charge in [-0.25, -0.2) is 0 Å². The number of carbonyl (C=O) groups is 1. The predicted molar refractivity (Wildman–Crippen MR) is 78.7 cm³/mol. The first kappa shape index (κ1) is 16.5. The Bertz CT molecular complexity index is 426. The molecule has 0 saturated carbocycles. The van der Waals surface area contributed by atoms with Crippen molar-refractivity contribution in [2.24, 2.45) is 0 Å². The van der Waals surface area contributed by atoms with Gasteiger partial charge in [-0.2, -0.15) is 0 Å². The van der Waals surface area contributed by atoms with E-state index in [0.717, 1.165) is 0 Å². The highest BCUT2D eigenvalue weighted by Gasteiger charge is 2.36. The topological polar surface area (TPSA) is 54.0 Å². The maximum Gasteiger partial charge on any atom is 0.254 e. The number of hydrogen-bond acceptors (Lipinski definition) is 3. The molecule has 0 aliphatic carbocycles. The van der Waals surface area contributed by atoms with Crippen molar-refractivity contribution < 1.29 is 4.79 Å². The largest absolute Gasteiger partial charge is 0.333 e. The van der Waals surface area contributed by atoms with Crippen molar-refractivity contribution in [3.05, 3.63) is 30.1 Å². The summed E-state index contributed by atoms with van der Waals surface area (Å²) in [5.41, 5.74) is 0.0778. The van der Waals surface area contributed by atoms with Crippen molar-refractivity contribution in [3.63, 3.8) is 0 Å². The molecule has 106 valence electrons. The standard InChI is InChI=1S/C12H16Cl3N3O/c1-11(2,3)18-10(12(13,14)15)17-9(19)8-5-4-6-16-7-8/h4-7,10,18H,1-3H3,(H,17,19)/t10-/m0/s1. The van der Waals surface area contributed by atoms with Crippen molar-refractivity contribution >= 4 is 40.7 Å². The fourth-order valence-electron chi connectivity index (χ4n) is 1.34. The van der Waals surface area contributed by atoms with Crippen LogP contribution in [0.15, 0.2) is 24.5 Å². The number of hydrogen-bond donors (Lipinski definition) is 2. The number of nitrogens with zero attached hydrogens (tertiary/aromatic N) is 1. The second-order valence-corrected chi connectivity index (χ2v) is 7.45. The molecule has 7 heteroatoms. The van der Waals surface area contributed by atoms with Gasteiger partial charge in [0.05, 0.1) is 5.56 Å².